The average molecular weight is 368 g/mol. The third kappa shape index (κ3) is 3.85. The molecule has 0 unspecified atom stereocenters. The molecule has 0 aliphatic carbocycles. The first-order valence-electron chi connectivity index (χ1n) is 9.14. The summed E-state index contributed by atoms with van der Waals surface area (Å²) < 4.78 is 24.8. The van der Waals surface area contributed by atoms with Crippen molar-refractivity contribution in [1.82, 2.24) is 9.88 Å². The number of fused-ring (bicyclic) bond motifs is 1. The highest BCUT2D eigenvalue weighted by molar-refractivity contribution is 5.97. The van der Waals surface area contributed by atoms with Crippen LogP contribution in [0.15, 0.2) is 46.9 Å². The second-order valence-corrected chi connectivity index (χ2v) is 6.89. The molecule has 0 spiro atoms. The van der Waals surface area contributed by atoms with Gasteiger partial charge in [-0.15, -0.1) is 0 Å². The van der Waals surface area contributed by atoms with Gasteiger partial charge in [0.25, 0.3) is 5.91 Å². The summed E-state index contributed by atoms with van der Waals surface area (Å²) in [6.07, 6.45) is 3.31. The summed E-state index contributed by atoms with van der Waals surface area (Å²) >= 11 is 0. The summed E-state index contributed by atoms with van der Waals surface area (Å²) in [5, 5.41) is 0. The minimum Gasteiger partial charge on any atom is -0.436 e. The number of benzene rings is 2. The van der Waals surface area contributed by atoms with Gasteiger partial charge in [-0.2, -0.15) is 0 Å². The van der Waals surface area contributed by atoms with Crippen molar-refractivity contribution in [3.63, 3.8) is 0 Å². The van der Waals surface area contributed by atoms with Crippen molar-refractivity contribution in [2.45, 2.75) is 25.4 Å². The Bertz CT molecular complexity index is 963. The van der Waals surface area contributed by atoms with Gasteiger partial charge in [-0.1, -0.05) is 6.07 Å². The number of likely N-dealkylation sites (N-methyl/N-ethyl adjacent to an activating group) is 1. The molecule has 2 aromatic carbocycles. The van der Waals surface area contributed by atoms with Crippen molar-refractivity contribution in [3.8, 4) is 11.5 Å². The smallest absolute Gasteiger partial charge is 0.253 e. The Kier molecular flexibility index (Phi) is 4.90. The Hall–Kier alpha value is -2.73. The third-order valence-corrected chi connectivity index (χ3v) is 4.80. The van der Waals surface area contributed by atoms with Gasteiger partial charge >= 0.3 is 0 Å². The molecule has 140 valence electrons. The van der Waals surface area contributed by atoms with Crippen molar-refractivity contribution in [1.29, 1.82) is 0 Å². The lowest BCUT2D eigenvalue weighted by Gasteiger charge is -2.27. The van der Waals surface area contributed by atoms with Gasteiger partial charge in [-0.25, -0.2) is 9.37 Å². The first-order chi connectivity index (χ1) is 13.1. The molecule has 0 N–H and O–H groups in total. The van der Waals surface area contributed by atoms with E-state index in [4.69, 9.17) is 9.15 Å². The molecule has 0 saturated carbocycles. The van der Waals surface area contributed by atoms with Gasteiger partial charge in [0.2, 0.25) is 5.89 Å². The van der Waals surface area contributed by atoms with Gasteiger partial charge in [0, 0.05) is 31.3 Å². The van der Waals surface area contributed by atoms with Crippen LogP contribution in [0.5, 0.6) is 0 Å². The number of rotatable bonds is 4. The van der Waals surface area contributed by atoms with Crippen LogP contribution in [-0.2, 0) is 4.74 Å². The number of aromatic nitrogens is 1. The van der Waals surface area contributed by atoms with E-state index in [9.17, 15) is 9.18 Å². The molecule has 1 fully saturated rings. The number of carbonyl (C=O) groups is 1. The van der Waals surface area contributed by atoms with Crippen LogP contribution in [0.1, 0.15) is 29.6 Å². The molecule has 1 atom stereocenters. The maximum Gasteiger partial charge on any atom is 0.253 e. The lowest BCUT2D eigenvalue weighted by atomic mass is 10.1. The molecule has 0 bridgehead atoms. The number of hydrogen-bond donors (Lipinski definition) is 0. The fraction of sp³-hybridized carbons (Fsp3) is 0.333. The normalized spacial score (nSPS) is 17.2. The Morgan fingerprint density at radius 1 is 1.26 bits per heavy atom. The Labute approximate surface area is 156 Å². The Morgan fingerprint density at radius 2 is 2.15 bits per heavy atom. The van der Waals surface area contributed by atoms with Crippen molar-refractivity contribution >= 4 is 17.0 Å². The van der Waals surface area contributed by atoms with Crippen LogP contribution in [0, 0.1) is 5.82 Å². The highest BCUT2D eigenvalue weighted by Crippen LogP contribution is 2.26. The lowest BCUT2D eigenvalue weighted by molar-refractivity contribution is -0.000184. The second-order valence-electron chi connectivity index (χ2n) is 6.89. The van der Waals surface area contributed by atoms with Crippen LogP contribution < -0.4 is 0 Å². The summed E-state index contributed by atoms with van der Waals surface area (Å²) in [5.74, 6) is -0.100. The van der Waals surface area contributed by atoms with E-state index in [1.54, 1.807) is 42.3 Å². The second kappa shape index (κ2) is 7.48. The van der Waals surface area contributed by atoms with Crippen molar-refractivity contribution < 1.29 is 18.3 Å². The number of oxazole rings is 1. The molecule has 1 aliphatic heterocycles. The predicted octanol–water partition coefficient (Wildman–Crippen LogP) is 4.28. The fourth-order valence-electron chi connectivity index (χ4n) is 3.37. The Morgan fingerprint density at radius 3 is 2.93 bits per heavy atom. The Balaban J connectivity index is 1.54. The molecule has 6 heteroatoms. The van der Waals surface area contributed by atoms with Gasteiger partial charge in [0.1, 0.15) is 11.3 Å². The monoisotopic (exact) mass is 368 g/mol. The van der Waals surface area contributed by atoms with Gasteiger partial charge in [-0.05, 0) is 55.7 Å². The summed E-state index contributed by atoms with van der Waals surface area (Å²) in [7, 11) is 1.78. The number of halogens is 1. The standard InChI is InChI=1S/C21H21FN2O3/c1-24(13-17-7-2-3-10-26-17)21(25)15-8-9-19-18(12-15)23-20(27-19)14-5-4-6-16(22)11-14/h4-6,8-9,11-12,17H,2-3,7,10,13H2,1H3/t17-/m0/s1. The molecule has 3 aromatic rings. The highest BCUT2D eigenvalue weighted by Gasteiger charge is 2.20. The van der Waals surface area contributed by atoms with E-state index in [2.05, 4.69) is 4.98 Å². The van der Waals surface area contributed by atoms with Crippen LogP contribution in [-0.4, -0.2) is 42.1 Å². The molecule has 1 saturated heterocycles. The van der Waals surface area contributed by atoms with Crippen LogP contribution in [0.4, 0.5) is 4.39 Å². The molecule has 1 aliphatic rings. The number of carbonyl (C=O) groups excluding carboxylic acids is 1. The number of nitrogens with zero attached hydrogens (tertiary/aromatic N) is 2. The molecule has 4 rings (SSSR count). The maximum atomic E-state index is 13.4. The van der Waals surface area contributed by atoms with E-state index in [1.165, 1.54) is 12.1 Å². The SMILES string of the molecule is CN(C[C@@H]1CCCCO1)C(=O)c1ccc2oc(-c3cccc(F)c3)nc2c1. The lowest BCUT2D eigenvalue weighted by Crippen LogP contribution is -2.37. The highest BCUT2D eigenvalue weighted by atomic mass is 19.1. The van der Waals surface area contributed by atoms with E-state index in [0.717, 1.165) is 25.9 Å². The zero-order valence-corrected chi connectivity index (χ0v) is 15.2. The molecule has 5 nitrogen and oxygen atoms in total. The maximum absolute atomic E-state index is 13.4. The molecule has 1 amide bonds. The van der Waals surface area contributed by atoms with E-state index in [1.807, 2.05) is 0 Å². The van der Waals surface area contributed by atoms with Gasteiger partial charge < -0.3 is 14.1 Å². The summed E-state index contributed by atoms with van der Waals surface area (Å²) in [6.45, 7) is 1.34. The molecular formula is C21H21FN2O3. The van der Waals surface area contributed by atoms with Crippen LogP contribution in [0.3, 0.4) is 0 Å². The average Bonchev–Trinajstić information content (AvgIpc) is 3.11. The number of ether oxygens (including phenoxy) is 1. The largest absolute Gasteiger partial charge is 0.436 e. The van der Waals surface area contributed by atoms with Crippen molar-refractivity contribution in [3.05, 3.63) is 53.8 Å². The fourth-order valence-corrected chi connectivity index (χ4v) is 3.37. The summed E-state index contributed by atoms with van der Waals surface area (Å²) in [6, 6.07) is 11.2. The van der Waals surface area contributed by atoms with Crippen LogP contribution in [0.2, 0.25) is 0 Å². The van der Waals surface area contributed by atoms with Crippen molar-refractivity contribution in [2.75, 3.05) is 20.2 Å². The topological polar surface area (TPSA) is 55.6 Å². The van der Waals surface area contributed by atoms with Crippen LogP contribution >= 0.6 is 0 Å². The van der Waals surface area contributed by atoms with Crippen molar-refractivity contribution in [2.24, 2.45) is 0 Å². The zero-order chi connectivity index (χ0) is 18.8. The summed E-state index contributed by atoms with van der Waals surface area (Å²) in [4.78, 5) is 18.8. The van der Waals surface area contributed by atoms with Gasteiger partial charge in [-0.3, -0.25) is 4.79 Å². The molecule has 1 aromatic heterocycles. The molecule has 0 radical (unpaired) electrons. The number of amides is 1. The minimum absolute atomic E-state index is 0.0821. The summed E-state index contributed by atoms with van der Waals surface area (Å²) in [5.41, 5.74) is 2.23. The van der Waals surface area contributed by atoms with E-state index >= 15 is 0 Å². The first kappa shape index (κ1) is 17.7. The van der Waals surface area contributed by atoms with E-state index < -0.39 is 0 Å². The zero-order valence-electron chi connectivity index (χ0n) is 15.2. The third-order valence-electron chi connectivity index (χ3n) is 4.80. The minimum atomic E-state index is -0.350. The molecule has 2 heterocycles. The predicted molar refractivity (Wildman–Crippen MR) is 100.0 cm³/mol. The quantitative estimate of drug-likeness (QED) is 0.690. The molecular weight excluding hydrogens is 347 g/mol. The van der Waals surface area contributed by atoms with Gasteiger partial charge in [0.05, 0.1) is 6.10 Å². The van der Waals surface area contributed by atoms with E-state index in [-0.39, 0.29) is 17.8 Å². The first-order valence-corrected chi connectivity index (χ1v) is 9.14. The molecule has 27 heavy (non-hydrogen) atoms. The van der Waals surface area contributed by atoms with Gasteiger partial charge in [0.15, 0.2) is 5.58 Å². The van der Waals surface area contributed by atoms with Crippen LogP contribution in [0.25, 0.3) is 22.6 Å². The number of hydrogen-bond acceptors (Lipinski definition) is 4. The van der Waals surface area contributed by atoms with E-state index in [0.29, 0.717) is 34.7 Å².